The van der Waals surface area contributed by atoms with Gasteiger partial charge in [-0.25, -0.2) is 22.3 Å². The summed E-state index contributed by atoms with van der Waals surface area (Å²) in [6, 6.07) is 15.3. The lowest BCUT2D eigenvalue weighted by Crippen LogP contribution is -2.23. The van der Waals surface area contributed by atoms with Crippen molar-refractivity contribution in [2.75, 3.05) is 0 Å². The second-order valence-corrected chi connectivity index (χ2v) is 8.72. The van der Waals surface area contributed by atoms with Gasteiger partial charge in [0, 0.05) is 5.56 Å². The molecule has 0 saturated carbocycles. The van der Waals surface area contributed by atoms with E-state index in [1.165, 1.54) is 60.8 Å². The van der Waals surface area contributed by atoms with Gasteiger partial charge in [-0.3, -0.25) is 4.79 Å². The Morgan fingerprint density at radius 1 is 0.906 bits per heavy atom. The largest absolute Gasteiger partial charge is 0.280 e. The second-order valence-electron chi connectivity index (χ2n) is 7.16. The van der Waals surface area contributed by atoms with Crippen molar-refractivity contribution in [3.05, 3.63) is 100 Å². The summed E-state index contributed by atoms with van der Waals surface area (Å²) in [5.74, 6) is -0.947. The first-order chi connectivity index (χ1) is 15.1. The molecule has 0 bridgehead atoms. The molecular weight excluding hydrogens is 436 g/mol. The minimum absolute atomic E-state index is 0.0863. The van der Waals surface area contributed by atoms with E-state index in [4.69, 9.17) is 5.14 Å². The van der Waals surface area contributed by atoms with Gasteiger partial charge in [0.1, 0.15) is 11.6 Å². The van der Waals surface area contributed by atoms with E-state index in [2.05, 4.69) is 5.10 Å². The van der Waals surface area contributed by atoms with Crippen molar-refractivity contribution in [1.82, 2.24) is 9.78 Å². The molecule has 0 atom stereocenters. The topological polar surface area (TPSA) is 95.1 Å². The Hall–Kier alpha value is -3.69. The third-order valence-corrected chi connectivity index (χ3v) is 5.93. The normalized spacial score (nSPS) is 11.5. The molecule has 0 aliphatic rings. The number of halogens is 2. The van der Waals surface area contributed by atoms with Crippen LogP contribution in [0.15, 0.2) is 82.6 Å². The smallest absolute Gasteiger partial charge is 0.267 e. The van der Waals surface area contributed by atoms with Crippen molar-refractivity contribution in [2.24, 2.45) is 5.14 Å². The number of benzene rings is 3. The first-order valence-corrected chi connectivity index (χ1v) is 11.0. The van der Waals surface area contributed by atoms with E-state index >= 15 is 0 Å². The van der Waals surface area contributed by atoms with E-state index in [0.717, 1.165) is 4.68 Å². The minimum Gasteiger partial charge on any atom is -0.267 e. The molecule has 32 heavy (non-hydrogen) atoms. The van der Waals surface area contributed by atoms with Crippen LogP contribution in [0.4, 0.5) is 8.78 Å². The van der Waals surface area contributed by atoms with Crippen LogP contribution in [-0.4, -0.2) is 18.2 Å². The molecule has 0 radical (unpaired) electrons. The SMILES string of the molecule is Cc1ccc(-c2c(-c3ccc(S(N)(=O)=O)cc3)cnn(-c3ccc(F)cc3)c2=O)cc1F. The molecule has 1 heterocycles. The van der Waals surface area contributed by atoms with Crippen molar-refractivity contribution in [3.63, 3.8) is 0 Å². The molecule has 162 valence electrons. The van der Waals surface area contributed by atoms with Crippen LogP contribution in [0.25, 0.3) is 27.9 Å². The summed E-state index contributed by atoms with van der Waals surface area (Å²) >= 11 is 0. The third kappa shape index (κ3) is 4.08. The number of primary sulfonamides is 1. The molecule has 6 nitrogen and oxygen atoms in total. The fraction of sp³-hybridized carbons (Fsp3) is 0.0435. The quantitative estimate of drug-likeness (QED) is 0.509. The highest BCUT2D eigenvalue weighted by molar-refractivity contribution is 7.89. The van der Waals surface area contributed by atoms with Crippen LogP contribution in [0, 0.1) is 18.6 Å². The molecule has 4 aromatic rings. The zero-order valence-corrected chi connectivity index (χ0v) is 17.6. The predicted molar refractivity (Wildman–Crippen MR) is 117 cm³/mol. The highest BCUT2D eigenvalue weighted by atomic mass is 32.2. The second kappa shape index (κ2) is 8.10. The Morgan fingerprint density at radius 3 is 2.12 bits per heavy atom. The van der Waals surface area contributed by atoms with Gasteiger partial charge in [-0.05, 0) is 66.1 Å². The number of hydrogen-bond acceptors (Lipinski definition) is 4. The van der Waals surface area contributed by atoms with Crippen molar-refractivity contribution in [2.45, 2.75) is 11.8 Å². The van der Waals surface area contributed by atoms with Crippen LogP contribution in [0.5, 0.6) is 0 Å². The molecule has 0 spiro atoms. The first-order valence-electron chi connectivity index (χ1n) is 9.43. The summed E-state index contributed by atoms with van der Waals surface area (Å²) in [6.07, 6.45) is 1.42. The van der Waals surface area contributed by atoms with Gasteiger partial charge in [-0.1, -0.05) is 24.3 Å². The molecule has 1 aromatic heterocycles. The zero-order valence-electron chi connectivity index (χ0n) is 16.8. The van der Waals surface area contributed by atoms with E-state index < -0.39 is 27.2 Å². The van der Waals surface area contributed by atoms with Gasteiger partial charge in [0.15, 0.2) is 0 Å². The summed E-state index contributed by atoms with van der Waals surface area (Å²) < 4.78 is 51.9. The summed E-state index contributed by atoms with van der Waals surface area (Å²) in [5, 5.41) is 9.35. The van der Waals surface area contributed by atoms with Crippen LogP contribution in [0.1, 0.15) is 5.56 Å². The Balaban J connectivity index is 1.97. The average molecular weight is 453 g/mol. The van der Waals surface area contributed by atoms with Crippen LogP contribution in [-0.2, 0) is 10.0 Å². The number of aryl methyl sites for hydroxylation is 1. The number of hydrogen-bond donors (Lipinski definition) is 1. The molecule has 0 fully saturated rings. The van der Waals surface area contributed by atoms with E-state index in [-0.39, 0.29) is 10.5 Å². The van der Waals surface area contributed by atoms with Crippen LogP contribution < -0.4 is 10.7 Å². The van der Waals surface area contributed by atoms with Gasteiger partial charge in [0.2, 0.25) is 10.0 Å². The van der Waals surface area contributed by atoms with Gasteiger partial charge in [0.25, 0.3) is 5.56 Å². The van der Waals surface area contributed by atoms with Crippen molar-refractivity contribution >= 4 is 10.0 Å². The fourth-order valence-electron chi connectivity index (χ4n) is 3.29. The lowest BCUT2D eigenvalue weighted by Gasteiger charge is -2.13. The molecule has 2 N–H and O–H groups in total. The van der Waals surface area contributed by atoms with E-state index in [1.54, 1.807) is 19.1 Å². The van der Waals surface area contributed by atoms with Gasteiger partial charge in [0.05, 0.1) is 22.3 Å². The molecule has 0 saturated heterocycles. The maximum Gasteiger partial charge on any atom is 0.280 e. The van der Waals surface area contributed by atoms with Crippen molar-refractivity contribution < 1.29 is 17.2 Å². The predicted octanol–water partition coefficient (Wildman–Crippen LogP) is 3.80. The highest BCUT2D eigenvalue weighted by Gasteiger charge is 2.18. The van der Waals surface area contributed by atoms with E-state index in [9.17, 15) is 22.0 Å². The van der Waals surface area contributed by atoms with Crippen LogP contribution >= 0.6 is 0 Å². The summed E-state index contributed by atoms with van der Waals surface area (Å²) in [6.45, 7) is 1.61. The molecule has 0 amide bonds. The standard InChI is InChI=1S/C23H17F2N3O3S/c1-14-2-3-16(12-21(14)25)22-20(15-4-10-19(11-5-15)32(26,30)31)13-27-28(23(22)29)18-8-6-17(24)7-9-18/h2-13H,1H3,(H2,26,30,31). The lowest BCUT2D eigenvalue weighted by atomic mass is 9.96. The molecule has 0 unspecified atom stereocenters. The summed E-state index contributed by atoms with van der Waals surface area (Å²) in [7, 11) is -3.89. The third-order valence-electron chi connectivity index (χ3n) is 5.00. The monoisotopic (exact) mass is 453 g/mol. The van der Waals surface area contributed by atoms with E-state index in [0.29, 0.717) is 27.9 Å². The Kier molecular flexibility index (Phi) is 5.45. The van der Waals surface area contributed by atoms with E-state index in [1.807, 2.05) is 0 Å². The number of aromatic nitrogens is 2. The summed E-state index contributed by atoms with van der Waals surface area (Å²) in [4.78, 5) is 13.4. The highest BCUT2D eigenvalue weighted by Crippen LogP contribution is 2.30. The molecule has 9 heteroatoms. The molecule has 0 aliphatic heterocycles. The molecule has 3 aromatic carbocycles. The van der Waals surface area contributed by atoms with Gasteiger partial charge in [-0.2, -0.15) is 9.78 Å². The van der Waals surface area contributed by atoms with Crippen LogP contribution in [0.2, 0.25) is 0 Å². The number of nitrogens with zero attached hydrogens (tertiary/aromatic N) is 2. The lowest BCUT2D eigenvalue weighted by molar-refractivity contribution is 0.598. The maximum absolute atomic E-state index is 14.3. The van der Waals surface area contributed by atoms with Gasteiger partial charge < -0.3 is 0 Å². The maximum atomic E-state index is 14.3. The molecule has 0 aliphatic carbocycles. The number of sulfonamides is 1. The van der Waals surface area contributed by atoms with Gasteiger partial charge >= 0.3 is 0 Å². The first kappa shape index (κ1) is 21.5. The number of nitrogens with two attached hydrogens (primary N) is 1. The molecule has 4 rings (SSSR count). The van der Waals surface area contributed by atoms with Crippen molar-refractivity contribution in [3.8, 4) is 27.9 Å². The Morgan fingerprint density at radius 2 is 1.53 bits per heavy atom. The zero-order chi connectivity index (χ0) is 23.0. The van der Waals surface area contributed by atoms with Gasteiger partial charge in [-0.15, -0.1) is 0 Å². The van der Waals surface area contributed by atoms with Crippen molar-refractivity contribution in [1.29, 1.82) is 0 Å². The number of rotatable bonds is 4. The Labute approximate surface area is 182 Å². The van der Waals surface area contributed by atoms with Crippen LogP contribution in [0.3, 0.4) is 0 Å². The summed E-state index contributed by atoms with van der Waals surface area (Å²) in [5.41, 5.74) is 1.55. The Bertz CT molecular complexity index is 1480. The molecular formula is C23H17F2N3O3S. The average Bonchev–Trinajstić information content (AvgIpc) is 2.76. The fourth-order valence-corrected chi connectivity index (χ4v) is 3.81. The minimum atomic E-state index is -3.89.